The molecule has 5 heteroatoms. The highest BCUT2D eigenvalue weighted by Gasteiger charge is 2.26. The lowest BCUT2D eigenvalue weighted by Crippen LogP contribution is -2.07. The van der Waals surface area contributed by atoms with Gasteiger partial charge in [-0.1, -0.05) is 97.1 Å². The molecule has 0 N–H and O–H groups in total. The van der Waals surface area contributed by atoms with E-state index in [1.165, 1.54) is 26.9 Å². The van der Waals surface area contributed by atoms with E-state index in [1.54, 1.807) is 0 Å². The highest BCUT2D eigenvalue weighted by Crippen LogP contribution is 2.47. The van der Waals surface area contributed by atoms with E-state index in [9.17, 15) is 0 Å². The maximum atomic E-state index is 6.34. The van der Waals surface area contributed by atoms with Crippen LogP contribution in [0.15, 0.2) is 146 Å². The normalized spacial score (nSPS) is 12.4. The average Bonchev–Trinajstić information content (AvgIpc) is 3.65. The standard InChI is InChI=1S/C42H24N4O/c1-2-12-26(13-3-1)45-33-18-8-6-15-30(33)37-34(45)24-23-29-28-22-21-25-11-4-5-14-27(25)40(28)46(41(29)37)42-43-32-17-10-20-36-38(32)39(44-42)31-16-7-9-19-35(31)47-36/h1-24H. The smallest absolute Gasteiger partial charge is 0.235 e. The van der Waals surface area contributed by atoms with Crippen molar-refractivity contribution in [3.63, 3.8) is 0 Å². The van der Waals surface area contributed by atoms with Gasteiger partial charge in [0.05, 0.1) is 38.7 Å². The monoisotopic (exact) mass is 600 g/mol. The van der Waals surface area contributed by atoms with E-state index in [1.807, 2.05) is 30.3 Å². The Balaban J connectivity index is 1.38. The van der Waals surface area contributed by atoms with Gasteiger partial charge in [-0.3, -0.25) is 4.57 Å². The number of benzene rings is 7. The van der Waals surface area contributed by atoms with Gasteiger partial charge in [0.25, 0.3) is 0 Å². The highest BCUT2D eigenvalue weighted by molar-refractivity contribution is 6.28. The van der Waals surface area contributed by atoms with E-state index in [4.69, 9.17) is 14.7 Å². The average molecular weight is 601 g/mol. The number of para-hydroxylation sites is 3. The second-order valence-electron chi connectivity index (χ2n) is 12.2. The molecule has 1 aliphatic rings. The summed E-state index contributed by atoms with van der Waals surface area (Å²) in [5.41, 5.74) is 8.34. The third-order valence-electron chi connectivity index (χ3n) is 9.70. The maximum Gasteiger partial charge on any atom is 0.235 e. The molecule has 0 unspecified atom stereocenters. The molecule has 0 atom stereocenters. The molecule has 10 aromatic rings. The molecule has 11 rings (SSSR count). The summed E-state index contributed by atoms with van der Waals surface area (Å²) in [5, 5.41) is 7.99. The van der Waals surface area contributed by atoms with Crippen LogP contribution in [0.1, 0.15) is 0 Å². The zero-order valence-corrected chi connectivity index (χ0v) is 25.1. The first kappa shape index (κ1) is 24.8. The van der Waals surface area contributed by atoms with E-state index >= 15 is 0 Å². The molecule has 0 saturated heterocycles. The minimum Gasteiger partial charge on any atom is -0.456 e. The van der Waals surface area contributed by atoms with Gasteiger partial charge in [0, 0.05) is 38.2 Å². The van der Waals surface area contributed by atoms with Gasteiger partial charge in [-0.15, -0.1) is 0 Å². The van der Waals surface area contributed by atoms with Crippen LogP contribution in [0.2, 0.25) is 0 Å². The molecule has 0 amide bonds. The number of aromatic nitrogens is 4. The lowest BCUT2D eigenvalue weighted by molar-refractivity contribution is 0.486. The summed E-state index contributed by atoms with van der Waals surface area (Å²) >= 11 is 0. The van der Waals surface area contributed by atoms with Crippen LogP contribution in [0.3, 0.4) is 0 Å². The lowest BCUT2D eigenvalue weighted by atomic mass is 10.0. The molecule has 47 heavy (non-hydrogen) atoms. The molecular weight excluding hydrogens is 576 g/mol. The van der Waals surface area contributed by atoms with Gasteiger partial charge in [-0.25, -0.2) is 9.97 Å². The van der Waals surface area contributed by atoms with Crippen molar-refractivity contribution in [3.8, 4) is 34.4 Å². The topological polar surface area (TPSA) is 44.9 Å². The molecule has 4 heterocycles. The fraction of sp³-hybridized carbons (Fsp3) is 0. The molecular formula is C42H24N4O. The van der Waals surface area contributed by atoms with Crippen molar-refractivity contribution >= 4 is 65.3 Å². The molecule has 0 radical (unpaired) electrons. The van der Waals surface area contributed by atoms with E-state index in [-0.39, 0.29) is 0 Å². The third kappa shape index (κ3) is 3.27. The molecule has 218 valence electrons. The number of ether oxygens (including phenoxy) is 1. The van der Waals surface area contributed by atoms with Crippen molar-refractivity contribution in [3.05, 3.63) is 146 Å². The SMILES string of the molecule is c1ccc(-n2c3ccccc3c3c2ccc2c4ccc5ccccc5c4n(-c4nc5c6c(cccc6n4)Oc4ccccc4-5)c23)cc1. The van der Waals surface area contributed by atoms with Gasteiger partial charge >= 0.3 is 0 Å². The van der Waals surface area contributed by atoms with Gasteiger partial charge in [-0.2, -0.15) is 0 Å². The van der Waals surface area contributed by atoms with Gasteiger partial charge in [0.1, 0.15) is 11.5 Å². The molecule has 0 spiro atoms. The fourth-order valence-corrected chi connectivity index (χ4v) is 7.76. The summed E-state index contributed by atoms with van der Waals surface area (Å²) in [4.78, 5) is 10.8. The zero-order valence-electron chi connectivity index (χ0n) is 25.1. The van der Waals surface area contributed by atoms with Crippen LogP contribution in [0.4, 0.5) is 0 Å². The number of hydrogen-bond donors (Lipinski definition) is 0. The molecule has 3 aromatic heterocycles. The summed E-state index contributed by atoms with van der Waals surface area (Å²) in [6.07, 6.45) is 0. The summed E-state index contributed by atoms with van der Waals surface area (Å²) < 4.78 is 11.0. The first-order chi connectivity index (χ1) is 23.3. The Labute approximate surface area is 268 Å². The van der Waals surface area contributed by atoms with Crippen LogP contribution in [0.5, 0.6) is 11.5 Å². The quantitative estimate of drug-likeness (QED) is 0.198. The summed E-state index contributed by atoms with van der Waals surface area (Å²) in [6.45, 7) is 0. The molecule has 0 saturated carbocycles. The largest absolute Gasteiger partial charge is 0.456 e. The first-order valence-electron chi connectivity index (χ1n) is 15.9. The van der Waals surface area contributed by atoms with Gasteiger partial charge in [-0.05, 0) is 53.9 Å². The Kier molecular flexibility index (Phi) is 4.78. The van der Waals surface area contributed by atoms with Crippen LogP contribution in [0.25, 0.3) is 88.2 Å². The number of rotatable bonds is 2. The predicted molar refractivity (Wildman–Crippen MR) is 191 cm³/mol. The van der Waals surface area contributed by atoms with Crippen molar-refractivity contribution in [2.45, 2.75) is 0 Å². The van der Waals surface area contributed by atoms with Crippen LogP contribution < -0.4 is 4.74 Å². The molecule has 7 aromatic carbocycles. The Morgan fingerprint density at radius 3 is 2.13 bits per heavy atom. The van der Waals surface area contributed by atoms with E-state index in [0.29, 0.717) is 5.95 Å². The first-order valence-corrected chi connectivity index (χ1v) is 15.9. The van der Waals surface area contributed by atoms with Crippen LogP contribution in [-0.4, -0.2) is 19.1 Å². The molecule has 0 aliphatic carbocycles. The Morgan fingerprint density at radius 1 is 0.447 bits per heavy atom. The molecule has 0 fully saturated rings. The second-order valence-corrected chi connectivity index (χ2v) is 12.2. The van der Waals surface area contributed by atoms with E-state index in [0.717, 1.165) is 66.8 Å². The van der Waals surface area contributed by atoms with Crippen molar-refractivity contribution in [1.29, 1.82) is 0 Å². The Hall–Kier alpha value is -6.46. The zero-order chi connectivity index (χ0) is 30.6. The van der Waals surface area contributed by atoms with Crippen LogP contribution >= 0.6 is 0 Å². The van der Waals surface area contributed by atoms with Crippen molar-refractivity contribution in [2.24, 2.45) is 0 Å². The number of fused-ring (bicyclic) bond motifs is 11. The minimum absolute atomic E-state index is 0.641. The van der Waals surface area contributed by atoms with Gasteiger partial charge < -0.3 is 9.30 Å². The van der Waals surface area contributed by atoms with Crippen molar-refractivity contribution in [1.82, 2.24) is 19.1 Å². The molecule has 5 nitrogen and oxygen atoms in total. The number of hydrogen-bond acceptors (Lipinski definition) is 3. The summed E-state index contributed by atoms with van der Waals surface area (Å²) in [7, 11) is 0. The van der Waals surface area contributed by atoms with Crippen LogP contribution in [0, 0.1) is 0 Å². The fourth-order valence-electron chi connectivity index (χ4n) is 7.76. The van der Waals surface area contributed by atoms with Crippen molar-refractivity contribution in [2.75, 3.05) is 0 Å². The maximum absolute atomic E-state index is 6.34. The summed E-state index contributed by atoms with van der Waals surface area (Å²) in [5.74, 6) is 2.23. The predicted octanol–water partition coefficient (Wildman–Crippen LogP) is 10.7. The second kappa shape index (κ2) is 9.05. The van der Waals surface area contributed by atoms with E-state index in [2.05, 4.69) is 124 Å². The van der Waals surface area contributed by atoms with Crippen LogP contribution in [-0.2, 0) is 0 Å². The highest BCUT2D eigenvalue weighted by atomic mass is 16.5. The van der Waals surface area contributed by atoms with E-state index < -0.39 is 0 Å². The molecule has 1 aliphatic heterocycles. The summed E-state index contributed by atoms with van der Waals surface area (Å²) in [6, 6.07) is 51.2. The lowest BCUT2D eigenvalue weighted by Gasteiger charge is -2.21. The van der Waals surface area contributed by atoms with Gasteiger partial charge in [0.2, 0.25) is 5.95 Å². The Morgan fingerprint density at radius 2 is 1.19 bits per heavy atom. The molecule has 0 bridgehead atoms. The van der Waals surface area contributed by atoms with Crippen molar-refractivity contribution < 1.29 is 4.74 Å². The minimum atomic E-state index is 0.641. The number of nitrogens with zero attached hydrogens (tertiary/aromatic N) is 4. The van der Waals surface area contributed by atoms with Gasteiger partial charge in [0.15, 0.2) is 0 Å². The third-order valence-corrected chi connectivity index (χ3v) is 9.70. The Bertz CT molecular complexity index is 2940.